The molecule has 1 saturated heterocycles. The molecule has 0 aromatic carbocycles. The summed E-state index contributed by atoms with van der Waals surface area (Å²) in [5.41, 5.74) is 0. The number of nitrogens with one attached hydrogen (secondary N) is 1. The Bertz CT molecular complexity index is 316. The van der Waals surface area contributed by atoms with Gasteiger partial charge >= 0.3 is 5.92 Å². The third-order valence-electron chi connectivity index (χ3n) is 2.64. The first-order valence-electron chi connectivity index (χ1n) is 4.76. The van der Waals surface area contributed by atoms with Crippen LogP contribution in [-0.4, -0.2) is 13.1 Å². The molecule has 0 aliphatic carbocycles. The number of aryl methyl sites for hydroxylation is 1. The van der Waals surface area contributed by atoms with Gasteiger partial charge in [0.15, 0.2) is 5.76 Å². The molecule has 4 heteroatoms. The van der Waals surface area contributed by atoms with Crippen LogP contribution in [0.1, 0.15) is 17.9 Å². The Labute approximate surface area is 81.3 Å². The minimum Gasteiger partial charge on any atom is -0.460 e. The molecule has 1 N–H and O–H groups in total. The summed E-state index contributed by atoms with van der Waals surface area (Å²) in [6, 6.07) is 2.94. The molecule has 1 unspecified atom stereocenters. The van der Waals surface area contributed by atoms with E-state index in [4.69, 9.17) is 4.42 Å². The van der Waals surface area contributed by atoms with Gasteiger partial charge in [-0.15, -0.1) is 0 Å². The summed E-state index contributed by atoms with van der Waals surface area (Å²) >= 11 is 0. The van der Waals surface area contributed by atoms with E-state index in [1.807, 2.05) is 0 Å². The van der Waals surface area contributed by atoms with Crippen molar-refractivity contribution in [3.05, 3.63) is 23.7 Å². The van der Waals surface area contributed by atoms with Gasteiger partial charge in [0.2, 0.25) is 0 Å². The number of hydrogen-bond donors (Lipinski definition) is 1. The maximum atomic E-state index is 13.7. The minimum absolute atomic E-state index is 0.205. The SMILES string of the molecule is Cc1ccc(C(F)(F)C2CCNC2)o1. The Balaban J connectivity index is 2.22. The van der Waals surface area contributed by atoms with Gasteiger partial charge in [-0.3, -0.25) is 0 Å². The van der Waals surface area contributed by atoms with Crippen LogP contribution in [0.2, 0.25) is 0 Å². The lowest BCUT2D eigenvalue weighted by Gasteiger charge is -2.19. The fraction of sp³-hybridized carbons (Fsp3) is 0.600. The van der Waals surface area contributed by atoms with Crippen molar-refractivity contribution in [1.82, 2.24) is 5.32 Å². The highest BCUT2D eigenvalue weighted by Gasteiger charge is 2.45. The molecule has 1 fully saturated rings. The van der Waals surface area contributed by atoms with Crippen LogP contribution in [0.4, 0.5) is 8.78 Å². The third-order valence-corrected chi connectivity index (χ3v) is 2.64. The summed E-state index contributed by atoms with van der Waals surface area (Å²) < 4.78 is 32.5. The van der Waals surface area contributed by atoms with Gasteiger partial charge in [0, 0.05) is 12.5 Å². The Morgan fingerprint density at radius 1 is 1.50 bits per heavy atom. The fourth-order valence-electron chi connectivity index (χ4n) is 1.78. The van der Waals surface area contributed by atoms with Crippen LogP contribution in [0.25, 0.3) is 0 Å². The number of halogens is 2. The van der Waals surface area contributed by atoms with Gasteiger partial charge in [-0.2, -0.15) is 8.78 Å². The largest absolute Gasteiger partial charge is 0.460 e. The summed E-state index contributed by atoms with van der Waals surface area (Å²) in [5, 5.41) is 2.93. The van der Waals surface area contributed by atoms with Crippen molar-refractivity contribution in [3.63, 3.8) is 0 Å². The monoisotopic (exact) mass is 201 g/mol. The predicted octanol–water partition coefficient (Wildman–Crippen LogP) is 2.29. The standard InChI is InChI=1S/C10H13F2NO/c1-7-2-3-9(14-7)10(11,12)8-4-5-13-6-8/h2-3,8,13H,4-6H2,1H3. The zero-order chi connectivity index (χ0) is 10.2. The highest BCUT2D eigenvalue weighted by Crippen LogP contribution is 2.39. The summed E-state index contributed by atoms with van der Waals surface area (Å²) in [7, 11) is 0. The second-order valence-corrected chi connectivity index (χ2v) is 3.72. The molecule has 0 spiro atoms. The molecule has 2 rings (SSSR count). The van der Waals surface area contributed by atoms with E-state index in [2.05, 4.69) is 5.32 Å². The third kappa shape index (κ3) is 1.54. The van der Waals surface area contributed by atoms with Crippen LogP contribution in [0.5, 0.6) is 0 Å². The smallest absolute Gasteiger partial charge is 0.308 e. The van der Waals surface area contributed by atoms with Gasteiger partial charge < -0.3 is 9.73 Å². The molecule has 1 aromatic heterocycles. The Kier molecular flexibility index (Phi) is 2.31. The van der Waals surface area contributed by atoms with Gasteiger partial charge in [-0.05, 0) is 32.0 Å². The lowest BCUT2D eigenvalue weighted by molar-refractivity contribution is -0.0761. The molecular weight excluding hydrogens is 188 g/mol. The Hall–Kier alpha value is -0.900. The summed E-state index contributed by atoms with van der Waals surface area (Å²) in [4.78, 5) is 0. The number of furan rings is 1. The average molecular weight is 201 g/mol. The molecule has 0 radical (unpaired) electrons. The van der Waals surface area contributed by atoms with Crippen LogP contribution in [0.15, 0.2) is 16.5 Å². The van der Waals surface area contributed by atoms with Gasteiger partial charge in [0.05, 0.1) is 0 Å². The molecule has 1 aliphatic heterocycles. The maximum Gasteiger partial charge on any atom is 0.308 e. The summed E-state index contributed by atoms with van der Waals surface area (Å²) in [6.07, 6.45) is 0.507. The summed E-state index contributed by atoms with van der Waals surface area (Å²) in [6.45, 7) is 2.71. The minimum atomic E-state index is -2.84. The molecule has 1 atom stereocenters. The number of rotatable bonds is 2. The van der Waals surface area contributed by atoms with E-state index in [0.717, 1.165) is 0 Å². The maximum absolute atomic E-state index is 13.7. The first kappa shape index (κ1) is 9.65. The zero-order valence-electron chi connectivity index (χ0n) is 8.02. The lowest BCUT2D eigenvalue weighted by atomic mass is 9.99. The van der Waals surface area contributed by atoms with Crippen molar-refractivity contribution in [2.45, 2.75) is 19.3 Å². The van der Waals surface area contributed by atoms with Crippen molar-refractivity contribution < 1.29 is 13.2 Å². The van der Waals surface area contributed by atoms with E-state index in [1.165, 1.54) is 6.07 Å². The quantitative estimate of drug-likeness (QED) is 0.794. The topological polar surface area (TPSA) is 25.2 Å². The van der Waals surface area contributed by atoms with Crippen molar-refractivity contribution in [2.75, 3.05) is 13.1 Å². The highest BCUT2D eigenvalue weighted by molar-refractivity contribution is 5.12. The van der Waals surface area contributed by atoms with Crippen LogP contribution < -0.4 is 5.32 Å². The molecule has 0 bridgehead atoms. The van der Waals surface area contributed by atoms with Crippen LogP contribution >= 0.6 is 0 Å². The van der Waals surface area contributed by atoms with E-state index < -0.39 is 11.8 Å². The number of hydrogen-bond acceptors (Lipinski definition) is 2. The van der Waals surface area contributed by atoms with Crippen LogP contribution in [-0.2, 0) is 5.92 Å². The van der Waals surface area contributed by atoms with Crippen molar-refractivity contribution in [1.29, 1.82) is 0 Å². The Morgan fingerprint density at radius 2 is 2.29 bits per heavy atom. The molecule has 1 aliphatic rings. The fourth-order valence-corrected chi connectivity index (χ4v) is 1.78. The molecule has 2 heterocycles. The lowest BCUT2D eigenvalue weighted by Crippen LogP contribution is -2.27. The van der Waals surface area contributed by atoms with E-state index in [0.29, 0.717) is 25.3 Å². The van der Waals surface area contributed by atoms with Crippen molar-refractivity contribution >= 4 is 0 Å². The second-order valence-electron chi connectivity index (χ2n) is 3.72. The van der Waals surface area contributed by atoms with Gasteiger partial charge in [-0.1, -0.05) is 0 Å². The molecule has 0 saturated carbocycles. The molecule has 0 amide bonds. The molecule has 14 heavy (non-hydrogen) atoms. The second kappa shape index (κ2) is 3.35. The van der Waals surface area contributed by atoms with E-state index >= 15 is 0 Å². The van der Waals surface area contributed by atoms with Gasteiger partial charge in [0.1, 0.15) is 5.76 Å². The Morgan fingerprint density at radius 3 is 2.79 bits per heavy atom. The van der Waals surface area contributed by atoms with Gasteiger partial charge in [0.25, 0.3) is 0 Å². The molecule has 78 valence electrons. The highest BCUT2D eigenvalue weighted by atomic mass is 19.3. The molecular formula is C10H13F2NO. The van der Waals surface area contributed by atoms with Crippen LogP contribution in [0, 0.1) is 12.8 Å². The van der Waals surface area contributed by atoms with E-state index in [9.17, 15) is 8.78 Å². The normalized spacial score (nSPS) is 22.9. The van der Waals surface area contributed by atoms with Crippen LogP contribution in [0.3, 0.4) is 0 Å². The first-order chi connectivity index (χ1) is 6.60. The number of alkyl halides is 2. The first-order valence-corrected chi connectivity index (χ1v) is 4.76. The average Bonchev–Trinajstić information content (AvgIpc) is 2.72. The van der Waals surface area contributed by atoms with Crippen molar-refractivity contribution in [2.24, 2.45) is 5.92 Å². The van der Waals surface area contributed by atoms with Crippen molar-refractivity contribution in [3.8, 4) is 0 Å². The van der Waals surface area contributed by atoms with E-state index in [1.54, 1.807) is 13.0 Å². The molecule has 1 aromatic rings. The van der Waals surface area contributed by atoms with E-state index in [-0.39, 0.29) is 5.76 Å². The molecule has 2 nitrogen and oxygen atoms in total. The summed E-state index contributed by atoms with van der Waals surface area (Å²) in [5.74, 6) is -3.14. The predicted molar refractivity (Wildman–Crippen MR) is 48.3 cm³/mol. The zero-order valence-corrected chi connectivity index (χ0v) is 8.02. The van der Waals surface area contributed by atoms with Gasteiger partial charge in [-0.25, -0.2) is 0 Å².